The molecule has 0 bridgehead atoms. The largest absolute Gasteiger partial charge is 0.352 e. The van der Waals surface area contributed by atoms with Crippen molar-refractivity contribution in [2.24, 2.45) is 11.3 Å². The standard InChI is InChI=1S/C44H58FN7O4/c1-29(2)39(48-38(53)19-20-44(3,4)5)41(54)47-34-15-17-35(18-16-34)52-42(55)37-26-33(45)27-46-40(37)51(43(52)56)36-10-7-9-32(25-36)31-13-11-30(12-14-31)28-50-22-8-21-49(6)23-24-50/h7,9-14,25-27,29,34-35,39H,8,15-24,28H2,1-6H3,(H,47,54)(H,48,53)/t34?,35?,39-/m0/s1. The van der Waals surface area contributed by atoms with E-state index in [2.05, 4.69) is 77.5 Å². The summed E-state index contributed by atoms with van der Waals surface area (Å²) in [6.07, 6.45) is 5.22. The van der Waals surface area contributed by atoms with Crippen LogP contribution in [0.5, 0.6) is 0 Å². The Labute approximate surface area is 329 Å². The highest BCUT2D eigenvalue weighted by Gasteiger charge is 2.31. The molecule has 1 aliphatic carbocycles. The smallest absolute Gasteiger partial charge is 0.337 e. The normalized spacial score (nSPS) is 19.1. The Morgan fingerprint density at radius 1 is 0.929 bits per heavy atom. The summed E-state index contributed by atoms with van der Waals surface area (Å²) in [5.41, 5.74) is 2.62. The van der Waals surface area contributed by atoms with Gasteiger partial charge in [0.15, 0.2) is 5.65 Å². The van der Waals surface area contributed by atoms with Gasteiger partial charge in [-0.15, -0.1) is 0 Å². The van der Waals surface area contributed by atoms with Crippen molar-refractivity contribution in [1.29, 1.82) is 0 Å². The van der Waals surface area contributed by atoms with E-state index in [9.17, 15) is 23.6 Å². The number of rotatable bonds is 11. The third kappa shape index (κ3) is 10.00. The molecule has 1 aliphatic heterocycles. The first-order valence-corrected chi connectivity index (χ1v) is 20.2. The lowest BCUT2D eigenvalue weighted by Crippen LogP contribution is -2.53. The lowest BCUT2D eigenvalue weighted by atomic mass is 9.90. The van der Waals surface area contributed by atoms with Crippen LogP contribution in [0.15, 0.2) is 70.4 Å². The van der Waals surface area contributed by atoms with Crippen LogP contribution in [0.25, 0.3) is 27.8 Å². The number of nitrogens with one attached hydrogen (secondary N) is 2. The molecule has 1 saturated carbocycles. The zero-order valence-electron chi connectivity index (χ0n) is 33.8. The number of hydrogen-bond acceptors (Lipinski definition) is 7. The van der Waals surface area contributed by atoms with E-state index in [1.807, 2.05) is 32.0 Å². The van der Waals surface area contributed by atoms with Crippen LogP contribution in [-0.4, -0.2) is 81.0 Å². The summed E-state index contributed by atoms with van der Waals surface area (Å²) in [4.78, 5) is 63.6. The first-order valence-electron chi connectivity index (χ1n) is 20.2. The van der Waals surface area contributed by atoms with Crippen LogP contribution in [0, 0.1) is 17.2 Å². The minimum Gasteiger partial charge on any atom is -0.352 e. The molecule has 11 nitrogen and oxygen atoms in total. The number of nitrogens with zero attached hydrogens (tertiary/aromatic N) is 5. The molecule has 6 rings (SSSR count). The lowest BCUT2D eigenvalue weighted by molar-refractivity contribution is -0.130. The first-order chi connectivity index (χ1) is 26.7. The average molecular weight is 768 g/mol. The number of amides is 2. The van der Waals surface area contributed by atoms with E-state index >= 15 is 0 Å². The maximum Gasteiger partial charge on any atom is 0.337 e. The molecule has 4 aromatic rings. The summed E-state index contributed by atoms with van der Waals surface area (Å²) < 4.78 is 17.3. The van der Waals surface area contributed by atoms with E-state index in [0.29, 0.717) is 44.2 Å². The van der Waals surface area contributed by atoms with Crippen molar-refractivity contribution in [2.75, 3.05) is 33.2 Å². The Hall–Kier alpha value is -4.68. The fraction of sp³-hybridized carbons (Fsp3) is 0.523. The molecule has 12 heteroatoms. The Morgan fingerprint density at radius 2 is 1.66 bits per heavy atom. The quantitative estimate of drug-likeness (QED) is 0.191. The molecule has 1 atom stereocenters. The summed E-state index contributed by atoms with van der Waals surface area (Å²) in [5.74, 6) is -1.16. The summed E-state index contributed by atoms with van der Waals surface area (Å²) in [6, 6.07) is 15.9. The van der Waals surface area contributed by atoms with Crippen molar-refractivity contribution >= 4 is 22.8 Å². The zero-order chi connectivity index (χ0) is 40.1. The third-order valence-corrected chi connectivity index (χ3v) is 11.3. The van der Waals surface area contributed by atoms with Crippen LogP contribution in [0.4, 0.5) is 4.39 Å². The van der Waals surface area contributed by atoms with E-state index in [4.69, 9.17) is 0 Å². The summed E-state index contributed by atoms with van der Waals surface area (Å²) in [7, 11) is 2.17. The van der Waals surface area contributed by atoms with Gasteiger partial charge < -0.3 is 15.5 Å². The zero-order valence-corrected chi connectivity index (χ0v) is 33.8. The van der Waals surface area contributed by atoms with Crippen molar-refractivity contribution in [3.8, 4) is 16.8 Å². The molecule has 1 saturated heterocycles. The SMILES string of the molecule is CC(C)[C@H](NC(=O)CCC(C)(C)C)C(=O)NC1CCC(n2c(=O)c3cc(F)cnc3n(-c3cccc(-c4ccc(CN5CCCN(C)CC5)cc4)c3)c2=O)CC1. The molecule has 3 heterocycles. The maximum atomic E-state index is 14.6. The number of halogens is 1. The molecule has 2 N–H and O–H groups in total. The number of likely N-dealkylation sites (N-methyl/N-ethyl adjacent to an activating group) is 1. The minimum absolute atomic E-state index is 0.00762. The number of carbonyl (C=O) groups is 2. The number of benzene rings is 2. The van der Waals surface area contributed by atoms with E-state index in [0.717, 1.165) is 62.5 Å². The summed E-state index contributed by atoms with van der Waals surface area (Å²) >= 11 is 0. The Bertz CT molecular complexity index is 2130. The molecule has 2 fully saturated rings. The topological polar surface area (TPSA) is 122 Å². The molecular formula is C44H58FN7O4. The van der Waals surface area contributed by atoms with Crippen LogP contribution in [0.3, 0.4) is 0 Å². The second-order valence-electron chi connectivity index (χ2n) is 17.4. The van der Waals surface area contributed by atoms with Gasteiger partial charge in [-0.1, -0.05) is 71.0 Å². The molecule has 0 spiro atoms. The highest BCUT2D eigenvalue weighted by atomic mass is 19.1. The molecule has 2 amide bonds. The monoisotopic (exact) mass is 767 g/mol. The first kappa shape index (κ1) is 41.0. The third-order valence-electron chi connectivity index (χ3n) is 11.3. The summed E-state index contributed by atoms with van der Waals surface area (Å²) in [6.45, 7) is 15.2. The van der Waals surface area contributed by atoms with Crippen LogP contribution in [0.1, 0.15) is 91.2 Å². The fourth-order valence-corrected chi connectivity index (χ4v) is 7.92. The Morgan fingerprint density at radius 3 is 2.36 bits per heavy atom. The van der Waals surface area contributed by atoms with Gasteiger partial charge in [-0.2, -0.15) is 0 Å². The van der Waals surface area contributed by atoms with Crippen LogP contribution < -0.4 is 21.9 Å². The van der Waals surface area contributed by atoms with Crippen molar-refractivity contribution in [3.63, 3.8) is 0 Å². The molecule has 56 heavy (non-hydrogen) atoms. The lowest BCUT2D eigenvalue weighted by Gasteiger charge is -2.32. The van der Waals surface area contributed by atoms with Crippen molar-refractivity contribution in [3.05, 3.63) is 93.0 Å². The molecular weight excluding hydrogens is 710 g/mol. The van der Waals surface area contributed by atoms with Crippen molar-refractivity contribution in [2.45, 2.75) is 104 Å². The second-order valence-corrected chi connectivity index (χ2v) is 17.4. The molecule has 300 valence electrons. The van der Waals surface area contributed by atoms with Crippen LogP contribution in [-0.2, 0) is 16.1 Å². The van der Waals surface area contributed by atoms with Gasteiger partial charge >= 0.3 is 5.69 Å². The highest BCUT2D eigenvalue weighted by molar-refractivity contribution is 5.88. The number of fused-ring (bicyclic) bond motifs is 1. The molecule has 0 radical (unpaired) electrons. The van der Waals surface area contributed by atoms with Crippen LogP contribution in [0.2, 0.25) is 0 Å². The number of carbonyl (C=O) groups excluding carboxylic acids is 2. The Kier molecular flexibility index (Phi) is 12.9. The molecule has 2 aromatic heterocycles. The van der Waals surface area contributed by atoms with Gasteiger partial charge in [-0.05, 0) is 105 Å². The fourth-order valence-electron chi connectivity index (χ4n) is 7.92. The van der Waals surface area contributed by atoms with Gasteiger partial charge in [0.05, 0.1) is 17.3 Å². The highest BCUT2D eigenvalue weighted by Crippen LogP contribution is 2.29. The van der Waals surface area contributed by atoms with E-state index in [-0.39, 0.29) is 40.2 Å². The predicted octanol–water partition coefficient (Wildman–Crippen LogP) is 6.06. The maximum absolute atomic E-state index is 14.6. The van der Waals surface area contributed by atoms with E-state index in [1.165, 1.54) is 14.7 Å². The number of pyridine rings is 1. The molecule has 2 aromatic carbocycles. The summed E-state index contributed by atoms with van der Waals surface area (Å²) in [5, 5.41) is 6.07. The van der Waals surface area contributed by atoms with Crippen molar-refractivity contribution < 1.29 is 14.0 Å². The average Bonchev–Trinajstić information content (AvgIpc) is 3.37. The predicted molar refractivity (Wildman–Crippen MR) is 219 cm³/mol. The van der Waals surface area contributed by atoms with Gasteiger partial charge in [0.2, 0.25) is 11.8 Å². The van der Waals surface area contributed by atoms with Crippen molar-refractivity contribution in [1.82, 2.24) is 34.6 Å². The van der Waals surface area contributed by atoms with Gasteiger partial charge in [0, 0.05) is 38.1 Å². The van der Waals surface area contributed by atoms with Gasteiger partial charge in [0.25, 0.3) is 5.56 Å². The van der Waals surface area contributed by atoms with Gasteiger partial charge in [-0.3, -0.25) is 23.9 Å². The number of aromatic nitrogens is 3. The second kappa shape index (κ2) is 17.6. The Balaban J connectivity index is 1.20. The van der Waals surface area contributed by atoms with Gasteiger partial charge in [0.1, 0.15) is 11.9 Å². The van der Waals surface area contributed by atoms with Gasteiger partial charge in [-0.25, -0.2) is 18.7 Å². The van der Waals surface area contributed by atoms with Crippen LogP contribution >= 0.6 is 0 Å². The minimum atomic E-state index is -0.668. The van der Waals surface area contributed by atoms with E-state index < -0.39 is 29.1 Å². The molecule has 0 unspecified atom stereocenters. The van der Waals surface area contributed by atoms with E-state index in [1.54, 1.807) is 6.07 Å². The number of hydrogen-bond donors (Lipinski definition) is 2. The molecule has 2 aliphatic rings.